The summed E-state index contributed by atoms with van der Waals surface area (Å²) in [4.78, 5) is 5.24. The van der Waals surface area contributed by atoms with Crippen molar-refractivity contribution in [1.82, 2.24) is 8.96 Å². The van der Waals surface area contributed by atoms with Gasteiger partial charge in [-0.25, -0.2) is 0 Å². The van der Waals surface area contributed by atoms with Crippen molar-refractivity contribution in [3.63, 3.8) is 0 Å². The molecule has 5 nitrogen and oxygen atoms in total. The number of furan rings is 1. The Morgan fingerprint density at radius 2 is 0.624 bits per heavy atom. The third-order valence-corrected chi connectivity index (χ3v) is 20.3. The second-order valence-electron chi connectivity index (χ2n) is 24.1. The Hall–Kier alpha value is -11.0. The van der Waals surface area contributed by atoms with Crippen molar-refractivity contribution in [2.24, 2.45) is 0 Å². The fraction of sp³-hybridized carbons (Fsp3) is 0. The quantitative estimate of drug-likeness (QED) is 0.161. The van der Waals surface area contributed by atoms with Gasteiger partial charge in [-0.1, -0.05) is 206 Å². The monoisotopic (exact) mass is 1070 g/mol. The first-order valence-corrected chi connectivity index (χ1v) is 29.7. The first-order valence-electron chi connectivity index (χ1n) is 29.7. The molecule has 0 amide bonds. The molecule has 0 spiro atoms. The lowest BCUT2D eigenvalue weighted by atomic mass is 9.42. The summed E-state index contributed by atoms with van der Waals surface area (Å²) in [5.41, 5.74) is 36.6. The van der Waals surface area contributed by atoms with Crippen LogP contribution in [-0.4, -0.2) is 22.7 Å². The Kier molecular flexibility index (Phi) is 7.79. The van der Waals surface area contributed by atoms with Crippen molar-refractivity contribution < 1.29 is 4.42 Å². The van der Waals surface area contributed by atoms with Crippen LogP contribution in [0.25, 0.3) is 143 Å². The lowest BCUT2D eigenvalue weighted by Gasteiger charge is -2.44. The third kappa shape index (κ3) is 5.12. The minimum atomic E-state index is -0.0544. The van der Waals surface area contributed by atoms with E-state index in [2.05, 4.69) is 274 Å². The minimum Gasteiger partial charge on any atom is -0.454 e. The molecular formula is C78H42B2N4O. The average molecular weight is 1070 g/mol. The molecule has 0 saturated carbocycles. The number of benzene rings is 13. The van der Waals surface area contributed by atoms with Crippen LogP contribution in [0.5, 0.6) is 0 Å². The van der Waals surface area contributed by atoms with Crippen LogP contribution in [0.15, 0.2) is 259 Å². The molecule has 386 valence electrons. The van der Waals surface area contributed by atoms with E-state index >= 15 is 0 Å². The number of fused-ring (bicyclic) bond motifs is 9. The van der Waals surface area contributed by atoms with E-state index in [9.17, 15) is 0 Å². The SMILES string of the molecule is c1ccc(-c2cccc(-c3ccccc3)c2N2c3cccc4c3B3c5c(cc(-c6cc7c8c(c6)N(c6cccc9c6oc6ccccc69)c6cccc9c6B8n6c8c-9cccc8c8cccc-7c86)cc52)-c2cccc5c6cccc-4c6n3c25)cc1. The van der Waals surface area contributed by atoms with Crippen LogP contribution in [0.3, 0.4) is 0 Å². The van der Waals surface area contributed by atoms with E-state index in [-0.39, 0.29) is 13.7 Å². The maximum absolute atomic E-state index is 7.06. The molecule has 0 fully saturated rings. The standard InChI is InChI=1S/C78H42B2N4O/c1-3-17-43(18-4-1)47-22-9-23-48(44-19-5-2-6-20-44)73(47)82-64-36-15-25-51-53-27-11-29-55-57-31-13-33-59-62-40-46(42-67(82)72(62)80(70(51)64)84(75(53)55)77(57)59)45-39-61-58-32-12-30-56-54-28-10-26-52-50-24-14-35-63-69(50)79(83(74(52)54)76(56)58)71(61)66(41-45)81(63)65-37-16-34-60-49-21-7-8-38-68(49)85-78(60)65/h1-42H. The number of aromatic nitrogens is 2. The van der Waals surface area contributed by atoms with Crippen molar-refractivity contribution in [3.8, 4) is 77.9 Å². The van der Waals surface area contributed by atoms with Crippen LogP contribution in [0.1, 0.15) is 0 Å². The summed E-state index contributed by atoms with van der Waals surface area (Å²) >= 11 is 0. The van der Waals surface area contributed by atoms with Gasteiger partial charge in [-0.2, -0.15) is 0 Å². The van der Waals surface area contributed by atoms with Gasteiger partial charge >= 0.3 is 13.7 Å². The second kappa shape index (κ2) is 15.2. The molecule has 85 heavy (non-hydrogen) atoms. The van der Waals surface area contributed by atoms with Gasteiger partial charge in [-0.05, 0) is 115 Å². The van der Waals surface area contributed by atoms with Crippen LogP contribution < -0.4 is 31.7 Å². The lowest BCUT2D eigenvalue weighted by molar-refractivity contribution is 0.669. The highest BCUT2D eigenvalue weighted by molar-refractivity contribution is 6.92. The summed E-state index contributed by atoms with van der Waals surface area (Å²) in [6.45, 7) is -0.102. The van der Waals surface area contributed by atoms with Crippen LogP contribution >= 0.6 is 0 Å². The van der Waals surface area contributed by atoms with Gasteiger partial charge < -0.3 is 23.2 Å². The van der Waals surface area contributed by atoms with E-state index in [0.717, 1.165) is 33.2 Å². The van der Waals surface area contributed by atoms with E-state index in [0.29, 0.717) is 0 Å². The van der Waals surface area contributed by atoms with E-state index < -0.39 is 0 Å². The van der Waals surface area contributed by atoms with Crippen LogP contribution in [0.2, 0.25) is 0 Å². The fourth-order valence-electron chi connectivity index (χ4n) is 17.2. The van der Waals surface area contributed by atoms with E-state index in [4.69, 9.17) is 4.42 Å². The van der Waals surface area contributed by atoms with Crippen molar-refractivity contribution in [2.75, 3.05) is 9.80 Å². The van der Waals surface area contributed by atoms with Crippen molar-refractivity contribution in [3.05, 3.63) is 255 Å². The Morgan fingerprint density at radius 3 is 1.16 bits per heavy atom. The molecule has 0 aliphatic carbocycles. The summed E-state index contributed by atoms with van der Waals surface area (Å²) in [6.07, 6.45) is 0. The third-order valence-electron chi connectivity index (χ3n) is 20.3. The van der Waals surface area contributed by atoms with Gasteiger partial charge in [0, 0.05) is 111 Å². The van der Waals surface area contributed by atoms with Gasteiger partial charge in [0.15, 0.2) is 5.58 Å². The number of nitrogens with zero attached hydrogens (tertiary/aromatic N) is 4. The van der Waals surface area contributed by atoms with Crippen molar-refractivity contribution in [2.45, 2.75) is 0 Å². The Bertz CT molecular complexity index is 5770. The Balaban J connectivity index is 0.900. The smallest absolute Gasteiger partial charge is 0.333 e. The van der Waals surface area contributed by atoms with Gasteiger partial charge in [0.05, 0.1) is 11.4 Å². The van der Waals surface area contributed by atoms with Gasteiger partial charge in [0.1, 0.15) is 5.58 Å². The molecule has 0 unspecified atom stereocenters. The highest BCUT2D eigenvalue weighted by Gasteiger charge is 2.50. The van der Waals surface area contributed by atoms with Gasteiger partial charge in [-0.15, -0.1) is 0 Å². The predicted molar refractivity (Wildman–Crippen MR) is 355 cm³/mol. The summed E-state index contributed by atoms with van der Waals surface area (Å²) in [7, 11) is 0. The van der Waals surface area contributed by atoms with Gasteiger partial charge in [0.25, 0.3) is 0 Å². The normalized spacial score (nSPS) is 13.8. The Morgan fingerprint density at radius 1 is 0.247 bits per heavy atom. The highest BCUT2D eigenvalue weighted by Crippen LogP contribution is 2.56. The van der Waals surface area contributed by atoms with Crippen molar-refractivity contribution >= 4 is 135 Å². The maximum Gasteiger partial charge on any atom is 0.333 e. The Labute approximate surface area is 488 Å². The topological polar surface area (TPSA) is 29.5 Å². The molecule has 6 aliphatic heterocycles. The fourth-order valence-corrected chi connectivity index (χ4v) is 17.2. The van der Waals surface area contributed by atoms with Crippen LogP contribution in [-0.2, 0) is 0 Å². The molecule has 3 aromatic heterocycles. The van der Waals surface area contributed by atoms with Crippen molar-refractivity contribution in [1.29, 1.82) is 0 Å². The summed E-state index contributed by atoms with van der Waals surface area (Å²) < 4.78 is 12.5. The number of rotatable bonds is 5. The lowest BCUT2D eigenvalue weighted by Crippen LogP contribution is -2.58. The zero-order valence-corrected chi connectivity index (χ0v) is 45.6. The zero-order valence-electron chi connectivity index (χ0n) is 45.6. The number of hydrogen-bond donors (Lipinski definition) is 0. The second-order valence-corrected chi connectivity index (χ2v) is 24.1. The summed E-state index contributed by atoms with van der Waals surface area (Å²) in [5.74, 6) is 0. The molecule has 0 atom stereocenters. The first-order chi connectivity index (χ1) is 42.2. The van der Waals surface area contributed by atoms with E-state index in [1.165, 1.54) is 166 Å². The van der Waals surface area contributed by atoms with Gasteiger partial charge in [0.2, 0.25) is 0 Å². The maximum atomic E-state index is 7.06. The molecule has 7 heteroatoms. The summed E-state index contributed by atoms with van der Waals surface area (Å²) in [5, 5.41) is 7.44. The largest absolute Gasteiger partial charge is 0.454 e. The molecule has 9 heterocycles. The molecule has 22 rings (SSSR count). The van der Waals surface area contributed by atoms with Crippen LogP contribution in [0.4, 0.5) is 34.1 Å². The molecule has 0 radical (unpaired) electrons. The number of para-hydroxylation sites is 7. The molecule has 0 N–H and O–H groups in total. The number of hydrogen-bond acceptors (Lipinski definition) is 3. The molecular weight excluding hydrogens is 1030 g/mol. The molecule has 0 bridgehead atoms. The number of anilines is 6. The van der Waals surface area contributed by atoms with Gasteiger partial charge in [-0.3, -0.25) is 0 Å². The highest BCUT2D eigenvalue weighted by atomic mass is 16.3. The van der Waals surface area contributed by atoms with E-state index in [1.807, 2.05) is 0 Å². The molecule has 6 aliphatic rings. The van der Waals surface area contributed by atoms with E-state index in [1.54, 1.807) is 0 Å². The average Bonchev–Trinajstić information content (AvgIpc) is 1.70. The molecule has 0 saturated heterocycles. The predicted octanol–water partition coefficient (Wildman–Crippen LogP) is 17.6. The first kappa shape index (κ1) is 43.7. The minimum absolute atomic E-state index is 0.0475. The zero-order chi connectivity index (χ0) is 54.7. The van der Waals surface area contributed by atoms with Crippen LogP contribution in [0, 0.1) is 0 Å². The summed E-state index contributed by atoms with van der Waals surface area (Å²) in [6, 6.07) is 96.5. The molecule has 13 aromatic carbocycles. The molecule has 16 aromatic rings.